The van der Waals surface area contributed by atoms with Gasteiger partial charge in [-0.15, -0.1) is 0 Å². The van der Waals surface area contributed by atoms with E-state index in [1.165, 1.54) is 30.9 Å². The minimum Gasteiger partial charge on any atom is -0.453 e. The number of rotatable bonds is 5. The van der Waals surface area contributed by atoms with E-state index in [1.54, 1.807) is 10.6 Å². The van der Waals surface area contributed by atoms with Crippen LogP contribution in [0.25, 0.3) is 16.6 Å². The Morgan fingerprint density at radius 2 is 1.96 bits per heavy atom. The van der Waals surface area contributed by atoms with E-state index in [0.717, 1.165) is 5.69 Å². The highest BCUT2D eigenvalue weighted by Gasteiger charge is 2.17. The zero-order valence-electron chi connectivity index (χ0n) is 14.1. The van der Waals surface area contributed by atoms with E-state index in [4.69, 9.17) is 4.74 Å². The second-order valence-electron chi connectivity index (χ2n) is 5.89. The molecule has 2 aromatic carbocycles. The lowest BCUT2D eigenvalue weighted by Crippen LogP contribution is -2.14. The molecule has 0 aliphatic carbocycles. The Bertz CT molecular complexity index is 1130. The molecule has 27 heavy (non-hydrogen) atoms. The van der Waals surface area contributed by atoms with Crippen LogP contribution in [0.2, 0.25) is 0 Å². The van der Waals surface area contributed by atoms with E-state index in [-0.39, 0.29) is 11.3 Å². The Labute approximate surface area is 153 Å². The molecule has 0 unspecified atom stereocenters. The number of carbonyl (C=O) groups is 2. The predicted molar refractivity (Wildman–Crippen MR) is 96.4 cm³/mol. The molecule has 0 saturated carbocycles. The minimum atomic E-state index is -0.705. The Kier molecular flexibility index (Phi) is 4.25. The number of ether oxygens (including phenoxy) is 1. The lowest BCUT2D eigenvalue weighted by molar-refractivity contribution is 0.0470. The third-order valence-corrected chi connectivity index (χ3v) is 4.12. The van der Waals surface area contributed by atoms with Crippen molar-refractivity contribution in [2.75, 3.05) is 6.61 Å². The molecular weight excluding hydrogens is 349 g/mol. The molecule has 0 spiro atoms. The second-order valence-corrected chi connectivity index (χ2v) is 5.89. The highest BCUT2D eigenvalue weighted by Crippen LogP contribution is 2.20. The zero-order valence-corrected chi connectivity index (χ0v) is 14.1. The van der Waals surface area contributed by atoms with Gasteiger partial charge in [-0.3, -0.25) is 4.79 Å². The van der Waals surface area contributed by atoms with Gasteiger partial charge in [-0.2, -0.15) is 0 Å². The van der Waals surface area contributed by atoms with Crippen molar-refractivity contribution >= 4 is 22.7 Å². The summed E-state index contributed by atoms with van der Waals surface area (Å²) in [4.78, 5) is 31.4. The smallest absolute Gasteiger partial charge is 0.358 e. The molecule has 0 radical (unpaired) electrons. The van der Waals surface area contributed by atoms with Gasteiger partial charge in [-0.25, -0.2) is 14.2 Å². The molecule has 0 saturated heterocycles. The van der Waals surface area contributed by atoms with Crippen molar-refractivity contribution in [2.45, 2.75) is 0 Å². The molecule has 1 N–H and O–H groups in total. The quantitative estimate of drug-likeness (QED) is 0.435. The van der Waals surface area contributed by atoms with Crippen molar-refractivity contribution in [3.63, 3.8) is 0 Å². The molecule has 0 amide bonds. The van der Waals surface area contributed by atoms with Crippen molar-refractivity contribution < 1.29 is 18.7 Å². The Hall–Kier alpha value is -3.74. The number of carbonyl (C=O) groups excluding carboxylic acids is 2. The summed E-state index contributed by atoms with van der Waals surface area (Å²) in [6, 6.07) is 13.5. The monoisotopic (exact) mass is 363 g/mol. The number of Topliss-reactive ketones (excluding diaryl/α,β-unsaturated/α-hetero) is 1. The van der Waals surface area contributed by atoms with Gasteiger partial charge in [0.2, 0.25) is 5.78 Å². The van der Waals surface area contributed by atoms with Gasteiger partial charge in [0.15, 0.2) is 12.3 Å². The number of imidazole rings is 1. The summed E-state index contributed by atoms with van der Waals surface area (Å²) in [7, 11) is 0. The summed E-state index contributed by atoms with van der Waals surface area (Å²) in [5.74, 6) is -1.58. The zero-order chi connectivity index (χ0) is 18.8. The Morgan fingerprint density at radius 3 is 2.78 bits per heavy atom. The Balaban J connectivity index is 1.45. The van der Waals surface area contributed by atoms with Gasteiger partial charge >= 0.3 is 5.97 Å². The molecule has 0 bridgehead atoms. The molecule has 0 atom stereocenters. The maximum Gasteiger partial charge on any atom is 0.358 e. The first-order chi connectivity index (χ1) is 13.1. The summed E-state index contributed by atoms with van der Waals surface area (Å²) in [6.07, 6.45) is 4.50. The van der Waals surface area contributed by atoms with Crippen LogP contribution in [0.4, 0.5) is 4.39 Å². The van der Waals surface area contributed by atoms with Gasteiger partial charge in [0.1, 0.15) is 12.1 Å². The first-order valence-corrected chi connectivity index (χ1v) is 8.18. The number of hydrogen-bond donors (Lipinski definition) is 1. The number of aromatic amines is 1. The van der Waals surface area contributed by atoms with Gasteiger partial charge in [0.05, 0.1) is 0 Å². The topological polar surface area (TPSA) is 77.0 Å². The lowest BCUT2D eigenvalue weighted by Gasteiger charge is -2.02. The van der Waals surface area contributed by atoms with Crippen molar-refractivity contribution in [1.29, 1.82) is 0 Å². The summed E-state index contributed by atoms with van der Waals surface area (Å²) in [5.41, 5.74) is 1.84. The van der Waals surface area contributed by atoms with Crippen LogP contribution in [-0.4, -0.2) is 32.9 Å². The van der Waals surface area contributed by atoms with Crippen LogP contribution in [0.15, 0.2) is 67.3 Å². The number of aromatic nitrogens is 3. The van der Waals surface area contributed by atoms with Crippen molar-refractivity contribution in [2.24, 2.45) is 0 Å². The molecule has 4 rings (SSSR count). The third kappa shape index (κ3) is 3.35. The van der Waals surface area contributed by atoms with E-state index < -0.39 is 24.2 Å². The van der Waals surface area contributed by atoms with E-state index in [2.05, 4.69) is 9.97 Å². The maximum absolute atomic E-state index is 13.4. The fraction of sp³-hybridized carbons (Fsp3) is 0.0500. The summed E-state index contributed by atoms with van der Waals surface area (Å²) in [5, 5.41) is 0.449. The summed E-state index contributed by atoms with van der Waals surface area (Å²) < 4.78 is 20.2. The SMILES string of the molecule is O=C(OCC(=O)c1c[nH]c2ccc(F)cc12)c1cn(-c2ccccc2)cn1. The summed E-state index contributed by atoms with van der Waals surface area (Å²) in [6.45, 7) is -0.458. The number of nitrogens with one attached hydrogen (secondary N) is 1. The number of nitrogens with zero attached hydrogens (tertiary/aromatic N) is 2. The molecule has 7 heteroatoms. The fourth-order valence-corrected chi connectivity index (χ4v) is 2.78. The lowest BCUT2D eigenvalue weighted by atomic mass is 10.1. The summed E-state index contributed by atoms with van der Waals surface area (Å²) >= 11 is 0. The fourth-order valence-electron chi connectivity index (χ4n) is 2.78. The van der Waals surface area contributed by atoms with Crippen LogP contribution in [0.1, 0.15) is 20.8 Å². The molecule has 134 valence electrons. The molecule has 2 aromatic heterocycles. The molecule has 0 fully saturated rings. The molecule has 2 heterocycles. The van der Waals surface area contributed by atoms with Crippen LogP contribution < -0.4 is 0 Å². The van der Waals surface area contributed by atoms with Crippen LogP contribution in [0.5, 0.6) is 0 Å². The highest BCUT2D eigenvalue weighted by atomic mass is 19.1. The number of fused-ring (bicyclic) bond motifs is 1. The first-order valence-electron chi connectivity index (χ1n) is 8.18. The number of para-hydroxylation sites is 1. The number of benzene rings is 2. The molecule has 4 aromatic rings. The van der Waals surface area contributed by atoms with Gasteiger partial charge in [-0.05, 0) is 30.3 Å². The molecule has 0 aliphatic heterocycles. The number of esters is 1. The van der Waals surface area contributed by atoms with Gasteiger partial charge < -0.3 is 14.3 Å². The van der Waals surface area contributed by atoms with Crippen LogP contribution >= 0.6 is 0 Å². The van der Waals surface area contributed by atoms with Crippen molar-refractivity contribution in [3.05, 3.63) is 84.3 Å². The van der Waals surface area contributed by atoms with E-state index in [1.807, 2.05) is 30.3 Å². The largest absolute Gasteiger partial charge is 0.453 e. The number of halogens is 1. The number of hydrogen-bond acceptors (Lipinski definition) is 4. The van der Waals surface area contributed by atoms with Gasteiger partial charge in [-0.1, -0.05) is 18.2 Å². The van der Waals surface area contributed by atoms with Gasteiger partial charge in [0.25, 0.3) is 0 Å². The van der Waals surface area contributed by atoms with Gasteiger partial charge in [0, 0.05) is 34.5 Å². The van der Waals surface area contributed by atoms with E-state index >= 15 is 0 Å². The number of H-pyrrole nitrogens is 1. The van der Waals surface area contributed by atoms with Crippen LogP contribution in [-0.2, 0) is 4.74 Å². The molecule has 0 aliphatic rings. The molecular formula is C20H14FN3O3. The average Bonchev–Trinajstić information content (AvgIpc) is 3.33. The second kappa shape index (κ2) is 6.87. The Morgan fingerprint density at radius 1 is 1.15 bits per heavy atom. The normalized spacial score (nSPS) is 10.9. The van der Waals surface area contributed by atoms with Crippen LogP contribution in [0.3, 0.4) is 0 Å². The average molecular weight is 363 g/mol. The van der Waals surface area contributed by atoms with E-state index in [9.17, 15) is 14.0 Å². The highest BCUT2D eigenvalue weighted by molar-refractivity contribution is 6.09. The standard InChI is InChI=1S/C20H14FN3O3/c21-13-6-7-17-15(8-13)16(9-22-17)19(25)11-27-20(26)18-10-24(12-23-18)14-4-2-1-3-5-14/h1-10,12,22H,11H2. The predicted octanol–water partition coefficient (Wildman–Crippen LogP) is 3.53. The first kappa shape index (κ1) is 16.7. The van der Waals surface area contributed by atoms with Crippen LogP contribution in [0, 0.1) is 5.82 Å². The van der Waals surface area contributed by atoms with E-state index in [0.29, 0.717) is 10.9 Å². The number of ketones is 1. The minimum absolute atomic E-state index is 0.0941. The maximum atomic E-state index is 13.4. The third-order valence-electron chi connectivity index (χ3n) is 4.12. The van der Waals surface area contributed by atoms with Crippen molar-refractivity contribution in [1.82, 2.24) is 14.5 Å². The molecule has 6 nitrogen and oxygen atoms in total. The van der Waals surface area contributed by atoms with Crippen molar-refractivity contribution in [3.8, 4) is 5.69 Å².